The van der Waals surface area contributed by atoms with Gasteiger partial charge in [-0.2, -0.15) is 5.26 Å². The standard InChI is InChI=1S/C12H11N3S/c1-9-2-5-12(16-9)8-15-11-4-3-10(6-13)14-7-11/h2-5,7,15H,8H2,1H3. The highest BCUT2D eigenvalue weighted by molar-refractivity contribution is 7.11. The van der Waals surface area contributed by atoms with Gasteiger partial charge in [-0.15, -0.1) is 11.3 Å². The average molecular weight is 229 g/mol. The Morgan fingerprint density at radius 1 is 1.38 bits per heavy atom. The van der Waals surface area contributed by atoms with Crippen molar-refractivity contribution in [2.45, 2.75) is 13.5 Å². The van der Waals surface area contributed by atoms with Gasteiger partial charge >= 0.3 is 0 Å². The minimum Gasteiger partial charge on any atom is -0.379 e. The van der Waals surface area contributed by atoms with Crippen LogP contribution in [0.15, 0.2) is 30.5 Å². The fourth-order valence-electron chi connectivity index (χ4n) is 1.33. The number of aryl methyl sites for hydroxylation is 1. The van der Waals surface area contributed by atoms with Crippen molar-refractivity contribution in [3.8, 4) is 6.07 Å². The van der Waals surface area contributed by atoms with Crippen LogP contribution in [0.4, 0.5) is 5.69 Å². The van der Waals surface area contributed by atoms with Crippen molar-refractivity contribution in [3.05, 3.63) is 45.9 Å². The molecule has 0 aliphatic rings. The van der Waals surface area contributed by atoms with Crippen molar-refractivity contribution in [1.29, 1.82) is 5.26 Å². The van der Waals surface area contributed by atoms with E-state index in [0.29, 0.717) is 5.69 Å². The number of pyridine rings is 1. The molecule has 4 heteroatoms. The van der Waals surface area contributed by atoms with Gasteiger partial charge < -0.3 is 5.32 Å². The lowest BCUT2D eigenvalue weighted by atomic mass is 10.3. The van der Waals surface area contributed by atoms with Crippen LogP contribution in [0.5, 0.6) is 0 Å². The van der Waals surface area contributed by atoms with Gasteiger partial charge in [0.1, 0.15) is 11.8 Å². The quantitative estimate of drug-likeness (QED) is 0.880. The maximum absolute atomic E-state index is 8.61. The van der Waals surface area contributed by atoms with Crippen molar-refractivity contribution < 1.29 is 0 Å². The normalized spacial score (nSPS) is 9.75. The van der Waals surface area contributed by atoms with Crippen LogP contribution in [0.3, 0.4) is 0 Å². The molecule has 0 atom stereocenters. The summed E-state index contributed by atoms with van der Waals surface area (Å²) in [6, 6.07) is 9.80. The second-order valence-corrected chi connectivity index (χ2v) is 4.78. The van der Waals surface area contributed by atoms with E-state index in [0.717, 1.165) is 12.2 Å². The summed E-state index contributed by atoms with van der Waals surface area (Å²) in [5.41, 5.74) is 1.38. The molecule has 2 aromatic heterocycles. The number of rotatable bonds is 3. The summed E-state index contributed by atoms with van der Waals surface area (Å²) in [4.78, 5) is 6.60. The first-order valence-corrected chi connectivity index (χ1v) is 5.75. The van der Waals surface area contributed by atoms with E-state index in [1.807, 2.05) is 12.1 Å². The zero-order valence-corrected chi connectivity index (χ0v) is 9.71. The largest absolute Gasteiger partial charge is 0.379 e. The lowest BCUT2D eigenvalue weighted by molar-refractivity contribution is 1.16. The summed E-state index contributed by atoms with van der Waals surface area (Å²) in [6.45, 7) is 2.89. The van der Waals surface area contributed by atoms with E-state index >= 15 is 0 Å². The molecule has 0 amide bonds. The topological polar surface area (TPSA) is 48.7 Å². The Hall–Kier alpha value is -1.86. The third-order valence-corrected chi connectivity index (χ3v) is 3.14. The van der Waals surface area contributed by atoms with Crippen LogP contribution < -0.4 is 5.32 Å². The van der Waals surface area contributed by atoms with Gasteiger partial charge in [-0.1, -0.05) is 0 Å². The Morgan fingerprint density at radius 2 is 2.25 bits per heavy atom. The monoisotopic (exact) mass is 229 g/mol. The Kier molecular flexibility index (Phi) is 3.18. The maximum atomic E-state index is 8.61. The predicted molar refractivity (Wildman–Crippen MR) is 65.3 cm³/mol. The van der Waals surface area contributed by atoms with Crippen LogP contribution in [0.1, 0.15) is 15.4 Å². The Bertz CT molecular complexity index is 508. The Balaban J connectivity index is 1.97. The number of hydrogen-bond donors (Lipinski definition) is 1. The number of nitrogens with one attached hydrogen (secondary N) is 1. The molecule has 0 saturated heterocycles. The lowest BCUT2D eigenvalue weighted by Gasteiger charge is -2.03. The summed E-state index contributed by atoms with van der Waals surface area (Å²) < 4.78 is 0. The van der Waals surface area contributed by atoms with Crippen molar-refractivity contribution >= 4 is 17.0 Å². The first kappa shape index (κ1) is 10.7. The van der Waals surface area contributed by atoms with Gasteiger partial charge in [0.05, 0.1) is 11.9 Å². The van der Waals surface area contributed by atoms with E-state index in [2.05, 4.69) is 29.4 Å². The molecule has 2 heterocycles. The fourth-order valence-corrected chi connectivity index (χ4v) is 2.16. The second-order valence-electron chi connectivity index (χ2n) is 3.41. The van der Waals surface area contributed by atoms with Gasteiger partial charge in [0.25, 0.3) is 0 Å². The highest BCUT2D eigenvalue weighted by Gasteiger charge is 1.97. The SMILES string of the molecule is Cc1ccc(CNc2ccc(C#N)nc2)s1. The molecule has 0 aliphatic carbocycles. The molecule has 0 radical (unpaired) electrons. The van der Waals surface area contributed by atoms with E-state index in [9.17, 15) is 0 Å². The molecule has 0 saturated carbocycles. The smallest absolute Gasteiger partial charge is 0.140 e. The Labute approximate surface area is 98.4 Å². The van der Waals surface area contributed by atoms with E-state index in [1.54, 1.807) is 23.6 Å². The van der Waals surface area contributed by atoms with Crippen molar-refractivity contribution in [3.63, 3.8) is 0 Å². The van der Waals surface area contributed by atoms with Gasteiger partial charge in [-0.25, -0.2) is 4.98 Å². The molecule has 0 fully saturated rings. The molecule has 0 spiro atoms. The van der Waals surface area contributed by atoms with Gasteiger partial charge in [0.15, 0.2) is 0 Å². The molecule has 2 rings (SSSR count). The minimum atomic E-state index is 0.442. The average Bonchev–Trinajstić information content (AvgIpc) is 2.73. The lowest BCUT2D eigenvalue weighted by Crippen LogP contribution is -1.97. The maximum Gasteiger partial charge on any atom is 0.140 e. The van der Waals surface area contributed by atoms with Crippen molar-refractivity contribution in [2.24, 2.45) is 0 Å². The third kappa shape index (κ3) is 2.59. The summed E-state index contributed by atoms with van der Waals surface area (Å²) >= 11 is 1.78. The molecule has 0 aliphatic heterocycles. The highest BCUT2D eigenvalue weighted by Crippen LogP contribution is 2.16. The van der Waals surface area contributed by atoms with Gasteiger partial charge in [-0.05, 0) is 31.2 Å². The van der Waals surface area contributed by atoms with Gasteiger partial charge in [0, 0.05) is 16.3 Å². The molecule has 0 unspecified atom stereocenters. The summed E-state index contributed by atoms with van der Waals surface area (Å²) in [7, 11) is 0. The summed E-state index contributed by atoms with van der Waals surface area (Å²) in [5.74, 6) is 0. The first-order valence-electron chi connectivity index (χ1n) is 4.93. The number of anilines is 1. The number of thiophene rings is 1. The van der Waals surface area contributed by atoms with Crippen LogP contribution in [0.25, 0.3) is 0 Å². The first-order chi connectivity index (χ1) is 7.78. The molecule has 1 N–H and O–H groups in total. The van der Waals surface area contributed by atoms with Crippen LogP contribution >= 0.6 is 11.3 Å². The van der Waals surface area contributed by atoms with Crippen LogP contribution in [0.2, 0.25) is 0 Å². The van der Waals surface area contributed by atoms with Crippen molar-refractivity contribution in [2.75, 3.05) is 5.32 Å². The number of nitrogens with zero attached hydrogens (tertiary/aromatic N) is 2. The molecular formula is C12H11N3S. The zero-order valence-electron chi connectivity index (χ0n) is 8.90. The van der Waals surface area contributed by atoms with Crippen LogP contribution in [0, 0.1) is 18.3 Å². The van der Waals surface area contributed by atoms with Crippen LogP contribution in [-0.2, 0) is 6.54 Å². The molecule has 3 nitrogen and oxygen atoms in total. The molecule has 80 valence electrons. The van der Waals surface area contributed by atoms with Crippen LogP contribution in [-0.4, -0.2) is 4.98 Å². The summed E-state index contributed by atoms with van der Waals surface area (Å²) in [6.07, 6.45) is 1.68. The fraction of sp³-hybridized carbons (Fsp3) is 0.167. The molecule has 0 bridgehead atoms. The van der Waals surface area contributed by atoms with Gasteiger partial charge in [-0.3, -0.25) is 0 Å². The van der Waals surface area contributed by atoms with Gasteiger partial charge in [0.2, 0.25) is 0 Å². The number of nitriles is 1. The summed E-state index contributed by atoms with van der Waals surface area (Å²) in [5, 5.41) is 11.9. The molecule has 16 heavy (non-hydrogen) atoms. The van der Waals surface area contributed by atoms with Crippen molar-refractivity contribution in [1.82, 2.24) is 4.98 Å². The van der Waals surface area contributed by atoms with E-state index < -0.39 is 0 Å². The van der Waals surface area contributed by atoms with E-state index in [4.69, 9.17) is 5.26 Å². The number of hydrogen-bond acceptors (Lipinski definition) is 4. The minimum absolute atomic E-state index is 0.442. The molecule has 0 aromatic carbocycles. The number of aromatic nitrogens is 1. The highest BCUT2D eigenvalue weighted by atomic mass is 32.1. The molecule has 2 aromatic rings. The molecular weight excluding hydrogens is 218 g/mol. The zero-order chi connectivity index (χ0) is 11.4. The van der Waals surface area contributed by atoms with E-state index in [-0.39, 0.29) is 0 Å². The second kappa shape index (κ2) is 4.77. The van der Waals surface area contributed by atoms with E-state index in [1.165, 1.54) is 9.75 Å². The third-order valence-electron chi connectivity index (χ3n) is 2.14. The predicted octanol–water partition coefficient (Wildman–Crippen LogP) is 2.94. The Morgan fingerprint density at radius 3 is 2.81 bits per heavy atom.